The lowest BCUT2D eigenvalue weighted by molar-refractivity contribution is 0.0798. The molecule has 3 aromatic heterocycles. The molecule has 1 aliphatic carbocycles. The Bertz CT molecular complexity index is 1860. The maximum absolute atomic E-state index is 13.8. The Balaban J connectivity index is 1.47. The van der Waals surface area contributed by atoms with Crippen molar-refractivity contribution in [3.8, 4) is 33.7 Å². The molecule has 0 saturated heterocycles. The first-order chi connectivity index (χ1) is 21.1. The molecule has 1 saturated carbocycles. The number of benzene rings is 2. The van der Waals surface area contributed by atoms with Crippen LogP contribution in [0.5, 0.6) is 0 Å². The lowest BCUT2D eigenvalue weighted by Gasteiger charge is -2.42. The van der Waals surface area contributed by atoms with Gasteiger partial charge in [0, 0.05) is 45.2 Å². The van der Waals surface area contributed by atoms with E-state index in [9.17, 15) is 14.7 Å². The van der Waals surface area contributed by atoms with Gasteiger partial charge >= 0.3 is 6.09 Å². The first kappa shape index (κ1) is 29.6. The molecule has 6 rings (SSSR count). The van der Waals surface area contributed by atoms with Crippen LogP contribution in [0.15, 0.2) is 82.3 Å². The second-order valence-electron chi connectivity index (χ2n) is 12.8. The number of aryl methyl sites for hydroxylation is 1. The minimum atomic E-state index is -1.23. The molecule has 2 aromatic carbocycles. The van der Waals surface area contributed by atoms with Crippen molar-refractivity contribution in [3.63, 3.8) is 0 Å². The Morgan fingerprint density at radius 2 is 1.80 bits per heavy atom. The fourth-order valence-electron chi connectivity index (χ4n) is 5.93. The normalized spacial score (nSPS) is 14.5. The first-order valence-corrected chi connectivity index (χ1v) is 18.7. The Morgan fingerprint density at radius 1 is 1.07 bits per heavy atom. The predicted octanol–water partition coefficient (Wildman–Crippen LogP) is 7.29. The number of fused-ring (bicyclic) bond motifs is 1. The fourth-order valence-corrected chi connectivity index (χ4v) is 6.69. The first-order valence-electron chi connectivity index (χ1n) is 15.0. The second kappa shape index (κ2) is 11.6. The summed E-state index contributed by atoms with van der Waals surface area (Å²) in [6.45, 7) is 7.93. The van der Waals surface area contributed by atoms with Crippen molar-refractivity contribution in [2.75, 3.05) is 6.61 Å². The van der Waals surface area contributed by atoms with Crippen molar-refractivity contribution >= 4 is 25.1 Å². The summed E-state index contributed by atoms with van der Waals surface area (Å²) in [5, 5.41) is 17.2. The topological polar surface area (TPSA) is 112 Å². The predicted molar refractivity (Wildman–Crippen MR) is 174 cm³/mol. The lowest BCUT2D eigenvalue weighted by Crippen LogP contribution is -2.50. The van der Waals surface area contributed by atoms with Crippen LogP contribution in [-0.4, -0.2) is 40.2 Å². The van der Waals surface area contributed by atoms with Gasteiger partial charge in [-0.15, -0.1) is 0 Å². The molecule has 0 unspecified atom stereocenters. The van der Waals surface area contributed by atoms with Gasteiger partial charge in [-0.3, -0.25) is 4.79 Å². The van der Waals surface area contributed by atoms with Gasteiger partial charge in [0.15, 0.2) is 5.58 Å². The number of hydrogen-bond acceptors (Lipinski definition) is 5. The SMILES string of the molecule is Cn1cc(-c2ccnn2COCC[Si](C)(C)C)c2oc(-c3ccc(C4(NC(=O)O)CCC4)cc3)c(-c3ccccc3)c2c1=O. The van der Waals surface area contributed by atoms with E-state index < -0.39 is 19.7 Å². The summed E-state index contributed by atoms with van der Waals surface area (Å²) in [5.74, 6) is 0.577. The molecule has 0 aliphatic heterocycles. The molecule has 1 fully saturated rings. The summed E-state index contributed by atoms with van der Waals surface area (Å²) in [6, 6.07) is 20.6. The number of carboxylic acid groups (broad SMARTS) is 1. The fraction of sp³-hybridized carbons (Fsp3) is 0.324. The highest BCUT2D eigenvalue weighted by atomic mass is 28.3. The highest BCUT2D eigenvalue weighted by molar-refractivity contribution is 6.76. The number of rotatable bonds is 10. The zero-order chi connectivity index (χ0) is 31.1. The van der Waals surface area contributed by atoms with Gasteiger partial charge in [0.1, 0.15) is 12.5 Å². The Kier molecular flexibility index (Phi) is 7.81. The number of furan rings is 1. The molecule has 3 heterocycles. The maximum atomic E-state index is 13.8. The van der Waals surface area contributed by atoms with E-state index in [-0.39, 0.29) is 5.56 Å². The van der Waals surface area contributed by atoms with Gasteiger partial charge in [-0.25, -0.2) is 9.48 Å². The maximum Gasteiger partial charge on any atom is 0.405 e. The van der Waals surface area contributed by atoms with Gasteiger partial charge in [0.2, 0.25) is 0 Å². The number of ether oxygens (including phenoxy) is 1. The van der Waals surface area contributed by atoms with Crippen molar-refractivity contribution < 1.29 is 19.1 Å². The molecule has 0 atom stereocenters. The smallest absolute Gasteiger partial charge is 0.405 e. The van der Waals surface area contributed by atoms with Crippen LogP contribution >= 0.6 is 0 Å². The molecule has 1 aliphatic rings. The van der Waals surface area contributed by atoms with Gasteiger partial charge < -0.3 is 24.1 Å². The molecule has 228 valence electrons. The quantitative estimate of drug-likeness (QED) is 0.127. The number of nitrogens with zero attached hydrogens (tertiary/aromatic N) is 3. The van der Waals surface area contributed by atoms with Gasteiger partial charge in [-0.2, -0.15) is 5.10 Å². The average molecular weight is 611 g/mol. The van der Waals surface area contributed by atoms with E-state index in [1.165, 1.54) is 0 Å². The summed E-state index contributed by atoms with van der Waals surface area (Å²) in [6.07, 6.45) is 4.98. The molecule has 1 amide bonds. The minimum Gasteiger partial charge on any atom is -0.465 e. The van der Waals surface area contributed by atoms with Crippen molar-refractivity contribution in [2.45, 2.75) is 57.2 Å². The Hall–Kier alpha value is -4.41. The zero-order valence-electron chi connectivity index (χ0n) is 25.6. The van der Waals surface area contributed by atoms with Gasteiger partial charge in [-0.1, -0.05) is 74.2 Å². The van der Waals surface area contributed by atoms with Crippen LogP contribution in [0.4, 0.5) is 4.79 Å². The molecular formula is C34H38N4O5Si. The molecule has 2 N–H and O–H groups in total. The molecule has 9 nitrogen and oxygen atoms in total. The molecule has 0 bridgehead atoms. The van der Waals surface area contributed by atoms with Crippen LogP contribution < -0.4 is 10.9 Å². The van der Waals surface area contributed by atoms with Gasteiger partial charge in [-0.05, 0) is 42.5 Å². The summed E-state index contributed by atoms with van der Waals surface area (Å²) >= 11 is 0. The van der Waals surface area contributed by atoms with E-state index in [1.807, 2.05) is 60.7 Å². The van der Waals surface area contributed by atoms with Crippen LogP contribution in [0, 0.1) is 0 Å². The van der Waals surface area contributed by atoms with Crippen molar-refractivity contribution in [1.29, 1.82) is 0 Å². The summed E-state index contributed by atoms with van der Waals surface area (Å²) < 4.78 is 16.1. The van der Waals surface area contributed by atoms with Crippen LogP contribution in [-0.2, 0) is 24.1 Å². The monoisotopic (exact) mass is 610 g/mol. The highest BCUT2D eigenvalue weighted by Crippen LogP contribution is 2.45. The third-order valence-corrected chi connectivity index (χ3v) is 10.2. The summed E-state index contributed by atoms with van der Waals surface area (Å²) in [7, 11) is 0.517. The lowest BCUT2D eigenvalue weighted by atomic mass is 9.72. The molecule has 0 spiro atoms. The van der Waals surface area contributed by atoms with E-state index >= 15 is 0 Å². The minimum absolute atomic E-state index is 0.161. The third-order valence-electron chi connectivity index (χ3n) is 8.53. The van der Waals surface area contributed by atoms with E-state index in [4.69, 9.17) is 9.15 Å². The van der Waals surface area contributed by atoms with E-state index in [1.54, 1.807) is 28.7 Å². The summed E-state index contributed by atoms with van der Waals surface area (Å²) in [4.78, 5) is 25.3. The van der Waals surface area contributed by atoms with Gasteiger partial charge in [0.25, 0.3) is 5.56 Å². The van der Waals surface area contributed by atoms with Crippen molar-refractivity contribution in [3.05, 3.63) is 89.0 Å². The van der Waals surface area contributed by atoms with Crippen LogP contribution in [0.25, 0.3) is 44.7 Å². The van der Waals surface area contributed by atoms with E-state index in [0.29, 0.717) is 30.1 Å². The van der Waals surface area contributed by atoms with Crippen LogP contribution in [0.3, 0.4) is 0 Å². The highest BCUT2D eigenvalue weighted by Gasteiger charge is 2.40. The summed E-state index contributed by atoms with van der Waals surface area (Å²) in [5.41, 5.74) is 4.59. The number of hydrogen-bond donors (Lipinski definition) is 2. The number of pyridine rings is 1. The largest absolute Gasteiger partial charge is 0.465 e. The van der Waals surface area contributed by atoms with Crippen molar-refractivity contribution in [1.82, 2.24) is 19.7 Å². The molecular weight excluding hydrogens is 572 g/mol. The second-order valence-corrected chi connectivity index (χ2v) is 18.5. The number of nitrogens with one attached hydrogen (secondary N) is 1. The molecule has 10 heteroatoms. The van der Waals surface area contributed by atoms with Crippen molar-refractivity contribution in [2.24, 2.45) is 7.05 Å². The molecule has 5 aromatic rings. The van der Waals surface area contributed by atoms with Crippen LogP contribution in [0.1, 0.15) is 24.8 Å². The van der Waals surface area contributed by atoms with Crippen LogP contribution in [0.2, 0.25) is 25.7 Å². The Labute approximate surface area is 257 Å². The Morgan fingerprint density at radius 3 is 2.43 bits per heavy atom. The number of amides is 1. The van der Waals surface area contributed by atoms with Gasteiger partial charge in [0.05, 0.1) is 22.2 Å². The standard InChI is InChI=1S/C34H38N4O5Si/c1-37-21-26(27-15-18-35-38(27)22-42-19-20-44(2,3)4)31-29(32(37)39)28(23-9-6-5-7-10-23)30(43-31)24-11-13-25(14-12-24)34(16-8-17-34)36-33(40)41/h5-7,9-15,18,21,36H,8,16-17,19-20,22H2,1-4H3,(H,40,41). The average Bonchev–Trinajstić information content (AvgIpc) is 3.61. The van der Waals surface area contributed by atoms with E-state index in [0.717, 1.165) is 58.8 Å². The zero-order valence-corrected chi connectivity index (χ0v) is 26.6. The molecule has 44 heavy (non-hydrogen) atoms. The third kappa shape index (κ3) is 5.62. The number of carbonyl (C=O) groups is 1. The van der Waals surface area contributed by atoms with E-state index in [2.05, 4.69) is 30.1 Å². The molecule has 0 radical (unpaired) electrons. The number of aromatic nitrogens is 3.